The van der Waals surface area contributed by atoms with Crippen LogP contribution in [0.1, 0.15) is 19.8 Å². The predicted molar refractivity (Wildman–Crippen MR) is 79.3 cm³/mol. The van der Waals surface area contributed by atoms with Gasteiger partial charge in [0.25, 0.3) is 0 Å². The second-order valence-corrected chi connectivity index (χ2v) is 5.58. The topological polar surface area (TPSA) is 49.9 Å². The second-order valence-electron chi connectivity index (χ2n) is 5.58. The van der Waals surface area contributed by atoms with Gasteiger partial charge in [-0.1, -0.05) is 0 Å². The van der Waals surface area contributed by atoms with Crippen molar-refractivity contribution >= 4 is 17.5 Å². The first-order valence-electron chi connectivity index (χ1n) is 7.52. The van der Waals surface area contributed by atoms with Crippen LogP contribution in [0.4, 0.5) is 5.69 Å². The van der Waals surface area contributed by atoms with Gasteiger partial charge in [0.1, 0.15) is 5.75 Å². The molecule has 0 bridgehead atoms. The molecular weight excluding hydrogens is 268 g/mol. The Morgan fingerprint density at radius 3 is 2.43 bits per heavy atom. The van der Waals surface area contributed by atoms with Crippen LogP contribution in [0.3, 0.4) is 0 Å². The Labute approximate surface area is 124 Å². The van der Waals surface area contributed by atoms with Crippen LogP contribution < -0.4 is 9.64 Å². The lowest BCUT2D eigenvalue weighted by molar-refractivity contribution is -0.146. The standard InChI is InChI=1S/C16H20N2O3/c1-2-21-14-7-5-13(6-8-14)18-10-9-17(11-12-3-4-12)15(19)16(18)20/h5-8,12H,2-4,9-11H2,1H3. The van der Waals surface area contributed by atoms with E-state index in [2.05, 4.69) is 0 Å². The third-order valence-electron chi connectivity index (χ3n) is 3.94. The van der Waals surface area contributed by atoms with E-state index in [-0.39, 0.29) is 5.91 Å². The summed E-state index contributed by atoms with van der Waals surface area (Å²) >= 11 is 0. The minimum absolute atomic E-state index is 0.373. The number of hydrogen-bond donors (Lipinski definition) is 0. The van der Waals surface area contributed by atoms with Crippen molar-refractivity contribution < 1.29 is 14.3 Å². The maximum absolute atomic E-state index is 12.3. The van der Waals surface area contributed by atoms with Gasteiger partial charge in [0.2, 0.25) is 0 Å². The van der Waals surface area contributed by atoms with E-state index >= 15 is 0 Å². The quantitative estimate of drug-likeness (QED) is 0.774. The summed E-state index contributed by atoms with van der Waals surface area (Å²) in [6, 6.07) is 7.31. The molecule has 21 heavy (non-hydrogen) atoms. The number of nitrogens with zero attached hydrogens (tertiary/aromatic N) is 2. The number of piperazine rings is 1. The van der Waals surface area contributed by atoms with Gasteiger partial charge in [-0.25, -0.2) is 0 Å². The minimum Gasteiger partial charge on any atom is -0.494 e. The van der Waals surface area contributed by atoms with Crippen LogP contribution in [0.5, 0.6) is 5.75 Å². The third kappa shape index (κ3) is 3.01. The maximum Gasteiger partial charge on any atom is 0.316 e. The molecule has 2 amide bonds. The van der Waals surface area contributed by atoms with Crippen molar-refractivity contribution in [2.45, 2.75) is 19.8 Å². The van der Waals surface area contributed by atoms with Gasteiger partial charge in [-0.05, 0) is 49.9 Å². The van der Waals surface area contributed by atoms with Crippen molar-refractivity contribution in [3.63, 3.8) is 0 Å². The van der Waals surface area contributed by atoms with Gasteiger partial charge < -0.3 is 14.5 Å². The molecule has 0 spiro atoms. The molecule has 1 heterocycles. The van der Waals surface area contributed by atoms with Crippen molar-refractivity contribution in [2.24, 2.45) is 5.92 Å². The van der Waals surface area contributed by atoms with Crippen molar-refractivity contribution in [3.8, 4) is 5.75 Å². The SMILES string of the molecule is CCOc1ccc(N2CCN(CC3CC3)C(=O)C2=O)cc1. The molecular formula is C16H20N2O3. The highest BCUT2D eigenvalue weighted by molar-refractivity contribution is 6.41. The molecule has 5 nitrogen and oxygen atoms in total. The van der Waals surface area contributed by atoms with E-state index in [4.69, 9.17) is 4.74 Å². The zero-order valence-corrected chi connectivity index (χ0v) is 12.2. The summed E-state index contributed by atoms with van der Waals surface area (Å²) < 4.78 is 5.39. The predicted octanol–water partition coefficient (Wildman–Crippen LogP) is 1.67. The molecule has 0 unspecified atom stereocenters. The van der Waals surface area contributed by atoms with Gasteiger partial charge in [-0.15, -0.1) is 0 Å². The van der Waals surface area contributed by atoms with E-state index in [9.17, 15) is 9.59 Å². The lowest BCUT2D eigenvalue weighted by Gasteiger charge is -2.33. The minimum atomic E-state index is -0.425. The Morgan fingerprint density at radius 2 is 1.81 bits per heavy atom. The summed E-state index contributed by atoms with van der Waals surface area (Å²) in [5.74, 6) is 0.583. The molecule has 1 aromatic rings. The zero-order chi connectivity index (χ0) is 14.8. The first-order valence-corrected chi connectivity index (χ1v) is 7.52. The van der Waals surface area contributed by atoms with E-state index in [0.717, 1.165) is 18.0 Å². The Hall–Kier alpha value is -2.04. The van der Waals surface area contributed by atoms with Crippen LogP contribution in [0, 0.1) is 5.92 Å². The van der Waals surface area contributed by atoms with Gasteiger partial charge >= 0.3 is 11.8 Å². The van der Waals surface area contributed by atoms with E-state index in [1.54, 1.807) is 9.80 Å². The largest absolute Gasteiger partial charge is 0.494 e. The number of hydrogen-bond acceptors (Lipinski definition) is 3. The molecule has 1 aromatic carbocycles. The lowest BCUT2D eigenvalue weighted by atomic mass is 10.2. The molecule has 5 heteroatoms. The van der Waals surface area contributed by atoms with Gasteiger partial charge in [0.15, 0.2) is 0 Å². The lowest BCUT2D eigenvalue weighted by Crippen LogP contribution is -2.54. The number of benzene rings is 1. The van der Waals surface area contributed by atoms with Gasteiger partial charge in [-0.3, -0.25) is 9.59 Å². The first-order chi connectivity index (χ1) is 10.2. The summed E-state index contributed by atoms with van der Waals surface area (Å²) in [7, 11) is 0. The molecule has 1 saturated carbocycles. The highest BCUT2D eigenvalue weighted by atomic mass is 16.5. The number of rotatable bonds is 5. The average molecular weight is 288 g/mol. The van der Waals surface area contributed by atoms with Crippen LogP contribution >= 0.6 is 0 Å². The van der Waals surface area contributed by atoms with E-state index in [1.807, 2.05) is 31.2 Å². The molecule has 3 rings (SSSR count). The van der Waals surface area contributed by atoms with Crippen LogP contribution in [0.25, 0.3) is 0 Å². The van der Waals surface area contributed by atoms with Gasteiger partial charge in [0, 0.05) is 25.3 Å². The molecule has 1 aliphatic carbocycles. The van der Waals surface area contributed by atoms with Crippen molar-refractivity contribution in [3.05, 3.63) is 24.3 Å². The molecule has 0 radical (unpaired) electrons. The Bertz CT molecular complexity index is 537. The Morgan fingerprint density at radius 1 is 1.10 bits per heavy atom. The van der Waals surface area contributed by atoms with E-state index in [0.29, 0.717) is 25.6 Å². The molecule has 2 fully saturated rings. The van der Waals surface area contributed by atoms with Crippen LogP contribution in [-0.2, 0) is 9.59 Å². The third-order valence-corrected chi connectivity index (χ3v) is 3.94. The molecule has 0 N–H and O–H groups in total. The van der Waals surface area contributed by atoms with Crippen molar-refractivity contribution in [1.29, 1.82) is 0 Å². The molecule has 2 aliphatic rings. The van der Waals surface area contributed by atoms with Crippen molar-refractivity contribution in [1.82, 2.24) is 4.90 Å². The Kier molecular flexibility index (Phi) is 3.82. The summed E-state index contributed by atoms with van der Waals surface area (Å²) in [6.07, 6.45) is 2.36. The fourth-order valence-corrected chi connectivity index (χ4v) is 2.60. The first kappa shape index (κ1) is 13.9. The smallest absolute Gasteiger partial charge is 0.316 e. The highest BCUT2D eigenvalue weighted by Crippen LogP contribution is 2.30. The average Bonchev–Trinajstić information content (AvgIpc) is 3.30. The van der Waals surface area contributed by atoms with Gasteiger partial charge in [-0.2, -0.15) is 0 Å². The maximum atomic E-state index is 12.3. The number of ether oxygens (including phenoxy) is 1. The summed E-state index contributed by atoms with van der Waals surface area (Å²) in [5, 5.41) is 0. The number of amides is 2. The second kappa shape index (κ2) is 5.76. The number of carbonyl (C=O) groups excluding carboxylic acids is 2. The molecule has 1 saturated heterocycles. The monoisotopic (exact) mass is 288 g/mol. The molecule has 0 aromatic heterocycles. The van der Waals surface area contributed by atoms with E-state index < -0.39 is 5.91 Å². The Balaban J connectivity index is 1.68. The summed E-state index contributed by atoms with van der Waals surface area (Å²) in [5.41, 5.74) is 0.753. The number of anilines is 1. The number of carbonyl (C=O) groups is 2. The molecule has 1 aliphatic heterocycles. The van der Waals surface area contributed by atoms with Crippen LogP contribution in [0.15, 0.2) is 24.3 Å². The summed E-state index contributed by atoms with van der Waals surface area (Å²) in [6.45, 7) is 4.45. The van der Waals surface area contributed by atoms with E-state index in [1.165, 1.54) is 12.8 Å². The fraction of sp³-hybridized carbons (Fsp3) is 0.500. The van der Waals surface area contributed by atoms with Crippen LogP contribution in [-0.4, -0.2) is 43.0 Å². The molecule has 112 valence electrons. The zero-order valence-electron chi connectivity index (χ0n) is 12.2. The normalized spacial score (nSPS) is 19.1. The molecule has 0 atom stereocenters. The van der Waals surface area contributed by atoms with Crippen LogP contribution in [0.2, 0.25) is 0 Å². The van der Waals surface area contributed by atoms with Crippen molar-refractivity contribution in [2.75, 3.05) is 31.1 Å². The fourth-order valence-electron chi connectivity index (χ4n) is 2.60. The highest BCUT2D eigenvalue weighted by Gasteiger charge is 2.36. The van der Waals surface area contributed by atoms with Gasteiger partial charge in [0.05, 0.1) is 6.61 Å². The summed E-state index contributed by atoms with van der Waals surface area (Å²) in [4.78, 5) is 27.7.